The summed E-state index contributed by atoms with van der Waals surface area (Å²) in [5.74, 6) is 0.477. The lowest BCUT2D eigenvalue weighted by atomic mass is 9.92. The van der Waals surface area contributed by atoms with Crippen molar-refractivity contribution < 1.29 is 13.2 Å². The molecule has 134 valence electrons. The van der Waals surface area contributed by atoms with E-state index >= 15 is 0 Å². The maximum atomic E-state index is 12.2. The molecule has 0 atom stereocenters. The predicted molar refractivity (Wildman–Crippen MR) is 86.6 cm³/mol. The number of hydrogen-bond acceptors (Lipinski definition) is 2. The molecule has 0 spiro atoms. The predicted octanol–water partition coefficient (Wildman–Crippen LogP) is 2.90. The number of hydrogen-bond donors (Lipinski definition) is 2. The molecule has 1 aliphatic heterocycles. The first-order chi connectivity index (χ1) is 11.0. The smallest absolute Gasteiger partial charge is 0.356 e. The van der Waals surface area contributed by atoms with E-state index in [0.29, 0.717) is 12.0 Å². The van der Waals surface area contributed by atoms with Crippen molar-refractivity contribution >= 4 is 5.96 Å². The van der Waals surface area contributed by atoms with Crippen LogP contribution >= 0.6 is 0 Å². The third-order valence-corrected chi connectivity index (χ3v) is 4.89. The number of alkyl halides is 3. The Morgan fingerprint density at radius 1 is 1.09 bits per heavy atom. The summed E-state index contributed by atoms with van der Waals surface area (Å²) in [7, 11) is 1.60. The van der Waals surface area contributed by atoms with Crippen LogP contribution < -0.4 is 10.6 Å². The number of nitrogens with one attached hydrogen (secondary N) is 2. The van der Waals surface area contributed by atoms with Crippen molar-refractivity contribution in [3.8, 4) is 0 Å². The lowest BCUT2D eigenvalue weighted by Gasteiger charge is -2.39. The highest BCUT2D eigenvalue weighted by atomic mass is 19.4. The summed E-state index contributed by atoms with van der Waals surface area (Å²) in [5, 5.41) is 6.01. The molecule has 7 heteroatoms. The van der Waals surface area contributed by atoms with Gasteiger partial charge in [-0.2, -0.15) is 13.2 Å². The van der Waals surface area contributed by atoms with E-state index in [1.54, 1.807) is 7.05 Å². The summed E-state index contributed by atoms with van der Waals surface area (Å²) in [5.41, 5.74) is 0. The first kappa shape index (κ1) is 18.4. The minimum Gasteiger partial charge on any atom is -0.356 e. The molecule has 0 amide bonds. The third kappa shape index (κ3) is 6.57. The Bertz CT molecular complexity index is 370. The quantitative estimate of drug-likeness (QED) is 0.613. The standard InChI is InChI=1S/C16H29F3N4/c1-20-15(21-10-9-16(17,18)19)22-13-7-11-23(12-8-13)14-5-3-2-4-6-14/h13-14H,2-12H2,1H3,(H2,20,21,22). The number of nitrogens with zero attached hydrogens (tertiary/aromatic N) is 2. The fraction of sp³-hybridized carbons (Fsp3) is 0.938. The molecule has 2 fully saturated rings. The van der Waals surface area contributed by atoms with Gasteiger partial charge in [0, 0.05) is 38.8 Å². The molecule has 2 aliphatic rings. The zero-order valence-electron chi connectivity index (χ0n) is 14.0. The molecule has 1 aliphatic carbocycles. The zero-order chi connectivity index (χ0) is 16.7. The highest BCUT2D eigenvalue weighted by Crippen LogP contribution is 2.25. The van der Waals surface area contributed by atoms with Gasteiger partial charge < -0.3 is 15.5 Å². The van der Waals surface area contributed by atoms with Gasteiger partial charge in [0.25, 0.3) is 0 Å². The average molecular weight is 334 g/mol. The normalized spacial score (nSPS) is 23.0. The van der Waals surface area contributed by atoms with Crippen LogP contribution in [0.4, 0.5) is 13.2 Å². The van der Waals surface area contributed by atoms with Crippen molar-refractivity contribution in [3.05, 3.63) is 0 Å². The summed E-state index contributed by atoms with van der Waals surface area (Å²) in [6.45, 7) is 2.01. The van der Waals surface area contributed by atoms with Crippen LogP contribution in [0.3, 0.4) is 0 Å². The molecule has 1 saturated carbocycles. The number of aliphatic imine (C=N–C) groups is 1. The Morgan fingerprint density at radius 3 is 2.30 bits per heavy atom. The van der Waals surface area contributed by atoms with Gasteiger partial charge in [-0.15, -0.1) is 0 Å². The molecular weight excluding hydrogens is 305 g/mol. The van der Waals surface area contributed by atoms with Crippen molar-refractivity contribution in [1.29, 1.82) is 0 Å². The van der Waals surface area contributed by atoms with Gasteiger partial charge >= 0.3 is 6.18 Å². The minimum absolute atomic E-state index is 0.135. The first-order valence-electron chi connectivity index (χ1n) is 8.76. The average Bonchev–Trinajstić information content (AvgIpc) is 2.54. The van der Waals surface area contributed by atoms with Crippen molar-refractivity contribution in [3.63, 3.8) is 0 Å². The van der Waals surface area contributed by atoms with Crippen molar-refractivity contribution in [2.75, 3.05) is 26.7 Å². The fourth-order valence-electron chi connectivity index (χ4n) is 3.57. The summed E-state index contributed by atoms with van der Waals surface area (Å²) in [4.78, 5) is 6.62. The van der Waals surface area contributed by atoms with Gasteiger partial charge in [-0.3, -0.25) is 4.99 Å². The molecule has 4 nitrogen and oxygen atoms in total. The van der Waals surface area contributed by atoms with E-state index in [-0.39, 0.29) is 6.54 Å². The lowest BCUT2D eigenvalue weighted by Crippen LogP contribution is -2.51. The van der Waals surface area contributed by atoms with Gasteiger partial charge in [0.05, 0.1) is 6.42 Å². The monoisotopic (exact) mass is 334 g/mol. The van der Waals surface area contributed by atoms with Crippen LogP contribution in [0.15, 0.2) is 4.99 Å². The van der Waals surface area contributed by atoms with E-state index < -0.39 is 12.6 Å². The Balaban J connectivity index is 1.67. The molecule has 0 aromatic rings. The molecule has 0 radical (unpaired) electrons. The van der Waals surface area contributed by atoms with Crippen molar-refractivity contribution in [1.82, 2.24) is 15.5 Å². The molecule has 2 N–H and O–H groups in total. The zero-order valence-corrected chi connectivity index (χ0v) is 14.0. The fourth-order valence-corrected chi connectivity index (χ4v) is 3.57. The molecule has 1 heterocycles. The molecule has 0 unspecified atom stereocenters. The van der Waals surface area contributed by atoms with Crippen LogP contribution in [-0.4, -0.2) is 55.8 Å². The number of guanidine groups is 1. The van der Waals surface area contributed by atoms with Crippen molar-refractivity contribution in [2.45, 2.75) is 69.6 Å². The van der Waals surface area contributed by atoms with Gasteiger partial charge in [-0.1, -0.05) is 19.3 Å². The number of piperidine rings is 1. The Hall–Kier alpha value is -0.980. The van der Waals surface area contributed by atoms with E-state index in [1.165, 1.54) is 32.1 Å². The largest absolute Gasteiger partial charge is 0.390 e. The molecule has 23 heavy (non-hydrogen) atoms. The van der Waals surface area contributed by atoms with Crippen LogP contribution in [0.1, 0.15) is 51.4 Å². The van der Waals surface area contributed by atoms with E-state index in [2.05, 4.69) is 20.5 Å². The second-order valence-corrected chi connectivity index (χ2v) is 6.61. The second kappa shape index (κ2) is 8.76. The molecule has 0 aromatic heterocycles. The van der Waals surface area contributed by atoms with Gasteiger partial charge in [0.15, 0.2) is 5.96 Å². The highest BCUT2D eigenvalue weighted by molar-refractivity contribution is 5.79. The van der Waals surface area contributed by atoms with Crippen molar-refractivity contribution in [2.24, 2.45) is 4.99 Å². The number of halogens is 3. The number of rotatable bonds is 4. The molecule has 1 saturated heterocycles. The van der Waals surface area contributed by atoms with Crippen LogP contribution in [0.2, 0.25) is 0 Å². The summed E-state index contributed by atoms with van der Waals surface area (Å²) >= 11 is 0. The summed E-state index contributed by atoms with van der Waals surface area (Å²) in [6.07, 6.45) is 3.78. The molecule has 0 bridgehead atoms. The van der Waals surface area contributed by atoms with Crippen LogP contribution in [-0.2, 0) is 0 Å². The number of likely N-dealkylation sites (tertiary alicyclic amines) is 1. The SMILES string of the molecule is CN=C(NCCC(F)(F)F)NC1CCN(C2CCCCC2)CC1. The maximum Gasteiger partial charge on any atom is 0.390 e. The molecule has 2 rings (SSSR count). The van der Waals surface area contributed by atoms with E-state index in [4.69, 9.17) is 0 Å². The lowest BCUT2D eigenvalue weighted by molar-refractivity contribution is -0.132. The third-order valence-electron chi connectivity index (χ3n) is 4.89. The first-order valence-corrected chi connectivity index (χ1v) is 8.76. The van der Waals surface area contributed by atoms with Gasteiger partial charge in [0.1, 0.15) is 0 Å². The Labute approximate surface area is 136 Å². The van der Waals surface area contributed by atoms with Gasteiger partial charge in [0.2, 0.25) is 0 Å². The van der Waals surface area contributed by atoms with Crippen LogP contribution in [0, 0.1) is 0 Å². The topological polar surface area (TPSA) is 39.7 Å². The van der Waals surface area contributed by atoms with Gasteiger partial charge in [-0.25, -0.2) is 0 Å². The van der Waals surface area contributed by atoms with Gasteiger partial charge in [-0.05, 0) is 25.7 Å². The Kier molecular flexibility index (Phi) is 6.99. The summed E-state index contributed by atoms with van der Waals surface area (Å²) < 4.78 is 36.5. The second-order valence-electron chi connectivity index (χ2n) is 6.61. The van der Waals surface area contributed by atoms with E-state index in [0.717, 1.165) is 32.0 Å². The van der Waals surface area contributed by atoms with Crippen LogP contribution in [0.25, 0.3) is 0 Å². The van der Waals surface area contributed by atoms with E-state index in [9.17, 15) is 13.2 Å². The minimum atomic E-state index is -4.13. The van der Waals surface area contributed by atoms with Crippen LogP contribution in [0.5, 0.6) is 0 Å². The molecule has 0 aromatic carbocycles. The maximum absolute atomic E-state index is 12.2. The summed E-state index contributed by atoms with van der Waals surface area (Å²) in [6, 6.07) is 1.04. The van der Waals surface area contributed by atoms with E-state index in [1.807, 2.05) is 0 Å². The molecular formula is C16H29F3N4. The highest BCUT2D eigenvalue weighted by Gasteiger charge is 2.28. The Morgan fingerprint density at radius 2 is 1.74 bits per heavy atom.